The molecule has 0 radical (unpaired) electrons. The molecule has 2 aliphatic heterocycles. The second-order valence-electron chi connectivity index (χ2n) is 10.9. The maximum atomic E-state index is 14.3. The van der Waals surface area contributed by atoms with Gasteiger partial charge in [0, 0.05) is 63.5 Å². The lowest BCUT2D eigenvalue weighted by molar-refractivity contribution is -0.140. The van der Waals surface area contributed by atoms with Crippen LogP contribution in [0, 0.1) is 5.82 Å². The Labute approximate surface area is 258 Å². The summed E-state index contributed by atoms with van der Waals surface area (Å²) in [5.41, 5.74) is 1.07. The first-order valence-electron chi connectivity index (χ1n) is 13.9. The van der Waals surface area contributed by atoms with Gasteiger partial charge < -0.3 is 19.4 Å². The minimum atomic E-state index is -4.76. The van der Waals surface area contributed by atoms with Gasteiger partial charge in [0.25, 0.3) is 0 Å². The minimum absolute atomic E-state index is 0.0732. The number of methoxy groups -OCH3 is 1. The van der Waals surface area contributed by atoms with E-state index in [9.17, 15) is 22.4 Å². The molecule has 2 fully saturated rings. The number of carbonyl (C=O) groups excluding carboxylic acids is 1. The maximum Gasteiger partial charge on any atom is 0.419 e. The molecule has 2 aliphatic rings. The number of piperazine rings is 1. The van der Waals surface area contributed by atoms with Crippen LogP contribution in [0.15, 0.2) is 60.7 Å². The fraction of sp³-hybridized carbons (Fsp3) is 0.387. The molecule has 2 atom stereocenters. The lowest BCUT2D eigenvalue weighted by atomic mass is 9.93. The van der Waals surface area contributed by atoms with Crippen molar-refractivity contribution < 1.29 is 27.1 Å². The van der Waals surface area contributed by atoms with Crippen LogP contribution in [0.25, 0.3) is 0 Å². The topological polar surface area (TPSA) is 39.3 Å². The molecular weight excluding hydrogens is 607 g/mol. The molecule has 43 heavy (non-hydrogen) atoms. The third-order valence-corrected chi connectivity index (χ3v) is 9.00. The highest BCUT2D eigenvalue weighted by Crippen LogP contribution is 2.36. The molecule has 6 nitrogen and oxygen atoms in total. The fourth-order valence-corrected chi connectivity index (χ4v) is 6.21. The Hall–Kier alpha value is -3.21. The van der Waals surface area contributed by atoms with Crippen LogP contribution in [0.4, 0.5) is 28.0 Å². The summed E-state index contributed by atoms with van der Waals surface area (Å²) in [4.78, 5) is 21.6. The number of hydrogen-bond donors (Lipinski definition) is 0. The van der Waals surface area contributed by atoms with Crippen LogP contribution in [0.3, 0.4) is 0 Å². The lowest BCUT2D eigenvalue weighted by Gasteiger charge is -2.38. The van der Waals surface area contributed by atoms with Crippen LogP contribution in [-0.4, -0.2) is 80.2 Å². The molecule has 12 heteroatoms. The van der Waals surface area contributed by atoms with E-state index >= 15 is 0 Å². The van der Waals surface area contributed by atoms with Crippen molar-refractivity contribution in [2.24, 2.45) is 0 Å². The number of hydrogen-bond acceptors (Lipinski definition) is 4. The Morgan fingerprint density at radius 3 is 2.23 bits per heavy atom. The molecule has 0 bridgehead atoms. The first-order chi connectivity index (χ1) is 20.4. The Morgan fingerprint density at radius 2 is 1.63 bits per heavy atom. The summed E-state index contributed by atoms with van der Waals surface area (Å²) in [5.74, 6) is -0.675. The zero-order chi connectivity index (χ0) is 30.9. The first-order valence-corrected chi connectivity index (χ1v) is 14.6. The normalized spacial score (nSPS) is 19.3. The molecule has 3 aromatic rings. The molecule has 5 rings (SSSR count). The predicted molar refractivity (Wildman–Crippen MR) is 160 cm³/mol. The van der Waals surface area contributed by atoms with Crippen molar-refractivity contribution in [3.05, 3.63) is 93.2 Å². The number of nitrogens with zero attached hydrogens (tertiary/aromatic N) is 4. The zero-order valence-corrected chi connectivity index (χ0v) is 25.3. The number of likely N-dealkylation sites (tertiary alicyclic amines) is 1. The molecule has 0 N–H and O–H groups in total. The number of ether oxygens (including phenoxy) is 1. The number of urea groups is 1. The van der Waals surface area contributed by atoms with Gasteiger partial charge in [-0.2, -0.15) is 13.2 Å². The number of anilines is 1. The summed E-state index contributed by atoms with van der Waals surface area (Å²) in [6.07, 6.45) is -4.76. The Balaban J connectivity index is 1.30. The van der Waals surface area contributed by atoms with Crippen LogP contribution in [0.1, 0.15) is 22.6 Å². The van der Waals surface area contributed by atoms with Gasteiger partial charge in [-0.3, -0.25) is 4.90 Å². The largest absolute Gasteiger partial charge is 0.497 e. The average molecular weight is 640 g/mol. The maximum absolute atomic E-state index is 14.3. The fourth-order valence-electron chi connectivity index (χ4n) is 5.90. The SMILES string of the molecule is COc1ccc(N2CCN(C(=O)N3CC(N(C)Cc4ccc(C(F)(F)F)c(F)c4)[C@@H](c4ccc(Cl)c(Cl)c4)C3)CC2)cc1. The highest BCUT2D eigenvalue weighted by Gasteiger charge is 2.41. The number of halogens is 6. The Morgan fingerprint density at radius 1 is 0.930 bits per heavy atom. The third kappa shape index (κ3) is 6.97. The third-order valence-electron chi connectivity index (χ3n) is 8.26. The first kappa shape index (κ1) is 31.2. The molecule has 1 unspecified atom stereocenters. The molecule has 2 amide bonds. The number of rotatable bonds is 6. The minimum Gasteiger partial charge on any atom is -0.497 e. The standard InChI is InChI=1S/C31H32Cl2F4N4O2/c1-38(17-20-3-9-25(28(34)15-20)31(35,36)37)29-19-41(18-24(29)21-4-10-26(32)27(33)16-21)30(42)40-13-11-39(12-14-40)22-5-7-23(43-2)8-6-22/h3-10,15-16,24,29H,11-14,17-19H2,1-2H3/t24-,29?/m1/s1. The van der Waals surface area contributed by atoms with Crippen LogP contribution >= 0.6 is 23.2 Å². The number of carbonyl (C=O) groups is 1. The summed E-state index contributed by atoms with van der Waals surface area (Å²) in [7, 11) is 3.45. The van der Waals surface area contributed by atoms with E-state index in [1.165, 1.54) is 6.07 Å². The van der Waals surface area contributed by atoms with Crippen molar-refractivity contribution in [1.29, 1.82) is 0 Å². The second-order valence-corrected chi connectivity index (χ2v) is 11.7. The summed E-state index contributed by atoms with van der Waals surface area (Å²) in [6.45, 7) is 3.50. The number of amides is 2. The van der Waals surface area contributed by atoms with Gasteiger partial charge in [-0.25, -0.2) is 9.18 Å². The van der Waals surface area contributed by atoms with E-state index in [0.29, 0.717) is 54.9 Å². The van der Waals surface area contributed by atoms with Gasteiger partial charge in [-0.15, -0.1) is 0 Å². The lowest BCUT2D eigenvalue weighted by Crippen LogP contribution is -2.52. The highest BCUT2D eigenvalue weighted by atomic mass is 35.5. The predicted octanol–water partition coefficient (Wildman–Crippen LogP) is 7.00. The summed E-state index contributed by atoms with van der Waals surface area (Å²) >= 11 is 12.5. The monoisotopic (exact) mass is 638 g/mol. The van der Waals surface area contributed by atoms with E-state index in [2.05, 4.69) is 4.90 Å². The summed E-state index contributed by atoms with van der Waals surface area (Å²) in [6, 6.07) is 15.9. The van der Waals surface area contributed by atoms with Gasteiger partial charge >= 0.3 is 12.2 Å². The van der Waals surface area contributed by atoms with E-state index < -0.39 is 17.6 Å². The van der Waals surface area contributed by atoms with Crippen molar-refractivity contribution in [1.82, 2.24) is 14.7 Å². The molecule has 2 heterocycles. The molecule has 230 valence electrons. The van der Waals surface area contributed by atoms with Gasteiger partial charge in [0.15, 0.2) is 0 Å². The van der Waals surface area contributed by atoms with Crippen molar-refractivity contribution in [3.8, 4) is 5.75 Å². The van der Waals surface area contributed by atoms with E-state index in [-0.39, 0.29) is 24.5 Å². The second kappa shape index (κ2) is 12.8. The highest BCUT2D eigenvalue weighted by molar-refractivity contribution is 6.42. The van der Waals surface area contributed by atoms with Gasteiger partial charge in [-0.05, 0) is 66.7 Å². The van der Waals surface area contributed by atoms with Crippen molar-refractivity contribution in [2.45, 2.75) is 24.7 Å². The van der Waals surface area contributed by atoms with Gasteiger partial charge in [0.1, 0.15) is 11.6 Å². The molecule has 0 saturated carbocycles. The number of alkyl halides is 3. The van der Waals surface area contributed by atoms with E-state index in [1.54, 1.807) is 19.2 Å². The van der Waals surface area contributed by atoms with Crippen molar-refractivity contribution in [3.63, 3.8) is 0 Å². The zero-order valence-electron chi connectivity index (χ0n) is 23.8. The number of benzene rings is 3. The van der Waals surface area contributed by atoms with E-state index in [0.717, 1.165) is 29.1 Å². The van der Waals surface area contributed by atoms with Crippen molar-refractivity contribution in [2.75, 3.05) is 58.3 Å². The molecule has 3 aromatic carbocycles. The van der Waals surface area contributed by atoms with Gasteiger partial charge in [0.2, 0.25) is 0 Å². The van der Waals surface area contributed by atoms with Crippen molar-refractivity contribution >= 4 is 34.9 Å². The van der Waals surface area contributed by atoms with Crippen LogP contribution in [-0.2, 0) is 12.7 Å². The number of likely N-dealkylation sites (N-methyl/N-ethyl adjacent to an activating group) is 1. The molecular formula is C31H32Cl2F4N4O2. The van der Waals surface area contributed by atoms with E-state index in [1.807, 2.05) is 52.1 Å². The smallest absolute Gasteiger partial charge is 0.419 e. The quantitative estimate of drug-likeness (QED) is 0.273. The van der Waals surface area contributed by atoms with Gasteiger partial charge in [0.05, 0.1) is 22.7 Å². The Kier molecular flexibility index (Phi) is 9.29. The van der Waals surface area contributed by atoms with Crippen LogP contribution in [0.2, 0.25) is 10.0 Å². The molecule has 0 aromatic heterocycles. The molecule has 0 aliphatic carbocycles. The molecule has 2 saturated heterocycles. The Bertz CT molecular complexity index is 1450. The van der Waals surface area contributed by atoms with Gasteiger partial charge in [-0.1, -0.05) is 35.3 Å². The van der Waals surface area contributed by atoms with E-state index in [4.69, 9.17) is 27.9 Å². The average Bonchev–Trinajstić information content (AvgIpc) is 3.43. The van der Waals surface area contributed by atoms with Crippen LogP contribution in [0.5, 0.6) is 5.75 Å². The van der Waals surface area contributed by atoms with Crippen LogP contribution < -0.4 is 9.64 Å². The summed E-state index contributed by atoms with van der Waals surface area (Å²) < 4.78 is 58.8. The summed E-state index contributed by atoms with van der Waals surface area (Å²) in [5, 5.41) is 0.807. The molecule has 0 spiro atoms.